The summed E-state index contributed by atoms with van der Waals surface area (Å²) in [7, 11) is 1.98. The van der Waals surface area contributed by atoms with Gasteiger partial charge >= 0.3 is 0 Å². The molecule has 1 aliphatic carbocycles. The van der Waals surface area contributed by atoms with E-state index >= 15 is 0 Å². The summed E-state index contributed by atoms with van der Waals surface area (Å²) in [6.07, 6.45) is 3.51. The molecule has 0 aliphatic heterocycles. The van der Waals surface area contributed by atoms with Crippen LogP contribution in [0.5, 0.6) is 0 Å². The Bertz CT molecular complexity index is 397. The van der Waals surface area contributed by atoms with Crippen LogP contribution in [0, 0.1) is 0 Å². The fourth-order valence-electron chi connectivity index (χ4n) is 2.91. The lowest BCUT2D eigenvalue weighted by atomic mass is 10.0. The molecule has 2 rings (SSSR count). The Morgan fingerprint density at radius 2 is 1.89 bits per heavy atom. The molecule has 0 amide bonds. The van der Waals surface area contributed by atoms with E-state index in [0.717, 1.165) is 36.9 Å². The Labute approximate surface area is 109 Å². The minimum absolute atomic E-state index is 0.484. The Kier molecular flexibility index (Phi) is 3.93. The largest absolute Gasteiger partial charge is 0.389 e. The number of likely N-dealkylation sites (N-methyl/N-ethyl adjacent to an activating group) is 1. The summed E-state index contributed by atoms with van der Waals surface area (Å²) in [6.45, 7) is 2.41. The molecule has 100 valence electrons. The molecule has 0 radical (unpaired) electrons. The van der Waals surface area contributed by atoms with E-state index in [1.807, 2.05) is 31.3 Å². The van der Waals surface area contributed by atoms with Gasteiger partial charge in [0.1, 0.15) is 0 Å². The van der Waals surface area contributed by atoms with E-state index in [2.05, 4.69) is 4.90 Å². The molecule has 2 N–H and O–H groups in total. The summed E-state index contributed by atoms with van der Waals surface area (Å²) in [5, 5.41) is 20.2. The van der Waals surface area contributed by atoms with Gasteiger partial charge in [-0.1, -0.05) is 31.0 Å². The van der Waals surface area contributed by atoms with E-state index in [-0.39, 0.29) is 0 Å². The smallest absolute Gasteiger partial charge is 0.0821 e. The molecular weight excluding hydrogens is 226 g/mol. The number of aliphatic hydroxyl groups is 2. The fourth-order valence-corrected chi connectivity index (χ4v) is 2.91. The normalized spacial score (nSPS) is 19.8. The number of anilines is 1. The second-order valence-corrected chi connectivity index (χ2v) is 5.52. The standard InChI is InChI=1S/C15H23NO2/c1-12(17)13-7-3-4-8-14(13)16(2)11-15(18)9-5-6-10-15/h3-4,7-8,12,17-18H,5-6,9-11H2,1-2H3/t12-/m0/s1. The van der Waals surface area contributed by atoms with E-state index in [0.29, 0.717) is 6.54 Å². The first-order valence-electron chi connectivity index (χ1n) is 6.72. The van der Waals surface area contributed by atoms with Gasteiger partial charge in [0.2, 0.25) is 0 Å². The van der Waals surface area contributed by atoms with Crippen LogP contribution in [0.1, 0.15) is 44.3 Å². The van der Waals surface area contributed by atoms with E-state index in [1.165, 1.54) is 0 Å². The van der Waals surface area contributed by atoms with Crippen molar-refractivity contribution in [3.05, 3.63) is 29.8 Å². The minimum Gasteiger partial charge on any atom is -0.389 e. The van der Waals surface area contributed by atoms with Crippen LogP contribution in [0.2, 0.25) is 0 Å². The van der Waals surface area contributed by atoms with Gasteiger partial charge in [-0.15, -0.1) is 0 Å². The zero-order chi connectivity index (χ0) is 13.2. The van der Waals surface area contributed by atoms with E-state index in [1.54, 1.807) is 6.92 Å². The van der Waals surface area contributed by atoms with Crippen LogP contribution in [0.25, 0.3) is 0 Å². The number of rotatable bonds is 4. The predicted octanol–water partition coefficient (Wildman–Crippen LogP) is 2.48. The molecule has 3 nitrogen and oxygen atoms in total. The number of hydrogen-bond acceptors (Lipinski definition) is 3. The van der Waals surface area contributed by atoms with Gasteiger partial charge in [0.15, 0.2) is 0 Å². The second kappa shape index (κ2) is 5.29. The molecule has 0 spiro atoms. The van der Waals surface area contributed by atoms with Crippen molar-refractivity contribution in [1.29, 1.82) is 0 Å². The molecule has 1 aromatic rings. The third-order valence-corrected chi connectivity index (χ3v) is 3.86. The van der Waals surface area contributed by atoms with Crippen molar-refractivity contribution in [3.63, 3.8) is 0 Å². The van der Waals surface area contributed by atoms with Crippen LogP contribution in [0.4, 0.5) is 5.69 Å². The first kappa shape index (κ1) is 13.4. The highest BCUT2D eigenvalue weighted by Crippen LogP contribution is 2.33. The quantitative estimate of drug-likeness (QED) is 0.861. The summed E-state index contributed by atoms with van der Waals surface area (Å²) in [6, 6.07) is 7.84. The summed E-state index contributed by atoms with van der Waals surface area (Å²) in [5.41, 5.74) is 1.37. The van der Waals surface area contributed by atoms with E-state index in [4.69, 9.17) is 0 Å². The molecule has 0 unspecified atom stereocenters. The molecule has 1 fully saturated rings. The summed E-state index contributed by atoms with van der Waals surface area (Å²) >= 11 is 0. The first-order chi connectivity index (χ1) is 8.52. The molecule has 1 atom stereocenters. The van der Waals surface area contributed by atoms with Crippen molar-refractivity contribution in [1.82, 2.24) is 0 Å². The average Bonchev–Trinajstić information content (AvgIpc) is 2.75. The first-order valence-corrected chi connectivity index (χ1v) is 6.72. The summed E-state index contributed by atoms with van der Waals surface area (Å²) < 4.78 is 0. The summed E-state index contributed by atoms with van der Waals surface area (Å²) in [5.74, 6) is 0. The van der Waals surface area contributed by atoms with Crippen LogP contribution >= 0.6 is 0 Å². The lowest BCUT2D eigenvalue weighted by Gasteiger charge is -2.31. The van der Waals surface area contributed by atoms with Gasteiger partial charge in [-0.05, 0) is 25.8 Å². The van der Waals surface area contributed by atoms with Crippen LogP contribution in [0.15, 0.2) is 24.3 Å². The van der Waals surface area contributed by atoms with Crippen LogP contribution in [-0.2, 0) is 0 Å². The molecular formula is C15H23NO2. The predicted molar refractivity (Wildman–Crippen MR) is 73.8 cm³/mol. The van der Waals surface area contributed by atoms with Gasteiger partial charge in [0.05, 0.1) is 11.7 Å². The maximum Gasteiger partial charge on any atom is 0.0821 e. The highest BCUT2D eigenvalue weighted by molar-refractivity contribution is 5.54. The van der Waals surface area contributed by atoms with Crippen LogP contribution in [0.3, 0.4) is 0 Å². The van der Waals surface area contributed by atoms with Crippen molar-refractivity contribution >= 4 is 5.69 Å². The Hall–Kier alpha value is -1.06. The SMILES string of the molecule is C[C@H](O)c1ccccc1N(C)CC1(O)CCCC1. The molecule has 0 saturated heterocycles. The van der Waals surface area contributed by atoms with Gasteiger partial charge in [-0.25, -0.2) is 0 Å². The van der Waals surface area contributed by atoms with Gasteiger partial charge in [0, 0.05) is 24.8 Å². The van der Waals surface area contributed by atoms with Crippen molar-refractivity contribution in [3.8, 4) is 0 Å². The number of hydrogen-bond donors (Lipinski definition) is 2. The van der Waals surface area contributed by atoms with E-state index in [9.17, 15) is 10.2 Å². The third kappa shape index (κ3) is 2.85. The monoisotopic (exact) mass is 249 g/mol. The molecule has 0 heterocycles. The van der Waals surface area contributed by atoms with Crippen molar-refractivity contribution in [2.75, 3.05) is 18.5 Å². The molecule has 1 saturated carbocycles. The molecule has 18 heavy (non-hydrogen) atoms. The molecule has 0 bridgehead atoms. The van der Waals surface area contributed by atoms with Gasteiger partial charge < -0.3 is 15.1 Å². The van der Waals surface area contributed by atoms with Crippen molar-refractivity contribution < 1.29 is 10.2 Å². The highest BCUT2D eigenvalue weighted by Gasteiger charge is 2.32. The Morgan fingerprint density at radius 3 is 2.50 bits per heavy atom. The summed E-state index contributed by atoms with van der Waals surface area (Å²) in [4.78, 5) is 2.06. The van der Waals surface area contributed by atoms with Crippen LogP contribution in [-0.4, -0.2) is 29.4 Å². The highest BCUT2D eigenvalue weighted by atomic mass is 16.3. The number of nitrogens with zero attached hydrogens (tertiary/aromatic N) is 1. The zero-order valence-electron chi connectivity index (χ0n) is 11.3. The maximum atomic E-state index is 10.4. The molecule has 1 aliphatic rings. The molecule has 0 aromatic heterocycles. The lowest BCUT2D eigenvalue weighted by Crippen LogP contribution is -2.39. The maximum absolute atomic E-state index is 10.4. The number of benzene rings is 1. The average molecular weight is 249 g/mol. The molecule has 3 heteroatoms. The number of para-hydroxylation sites is 1. The Morgan fingerprint density at radius 1 is 1.28 bits per heavy atom. The second-order valence-electron chi connectivity index (χ2n) is 5.52. The number of aliphatic hydroxyl groups excluding tert-OH is 1. The van der Waals surface area contributed by atoms with Gasteiger partial charge in [-0.3, -0.25) is 0 Å². The minimum atomic E-state index is -0.555. The van der Waals surface area contributed by atoms with Gasteiger partial charge in [0.25, 0.3) is 0 Å². The van der Waals surface area contributed by atoms with Crippen molar-refractivity contribution in [2.45, 2.75) is 44.3 Å². The van der Waals surface area contributed by atoms with Crippen LogP contribution < -0.4 is 4.90 Å². The fraction of sp³-hybridized carbons (Fsp3) is 0.600. The van der Waals surface area contributed by atoms with Crippen molar-refractivity contribution in [2.24, 2.45) is 0 Å². The zero-order valence-corrected chi connectivity index (χ0v) is 11.3. The Balaban J connectivity index is 2.15. The van der Waals surface area contributed by atoms with E-state index < -0.39 is 11.7 Å². The topological polar surface area (TPSA) is 43.7 Å². The lowest BCUT2D eigenvalue weighted by molar-refractivity contribution is 0.0558. The molecule has 1 aromatic carbocycles. The van der Waals surface area contributed by atoms with Gasteiger partial charge in [-0.2, -0.15) is 0 Å². The third-order valence-electron chi connectivity index (χ3n) is 3.86.